The van der Waals surface area contributed by atoms with Crippen molar-refractivity contribution in [2.75, 3.05) is 25.1 Å². The van der Waals surface area contributed by atoms with E-state index in [1.54, 1.807) is 0 Å². The van der Waals surface area contributed by atoms with Crippen LogP contribution in [0, 0.1) is 0 Å². The van der Waals surface area contributed by atoms with Crippen molar-refractivity contribution in [3.05, 3.63) is 53.1 Å². The first-order valence-electron chi connectivity index (χ1n) is 8.31. The Hall–Kier alpha value is -1.98. The fourth-order valence-corrected chi connectivity index (χ4v) is 2.63. The van der Waals surface area contributed by atoms with Crippen LogP contribution >= 0.6 is 23.8 Å². The quantitative estimate of drug-likeness (QED) is 0.653. The molecule has 2 aromatic rings. The van der Waals surface area contributed by atoms with Crippen molar-refractivity contribution in [3.63, 3.8) is 0 Å². The summed E-state index contributed by atoms with van der Waals surface area (Å²) in [6.07, 6.45) is 0.828. The number of thiocarbonyl (C=S) groups is 1. The molecular weight excluding hydrogens is 356 g/mol. The van der Waals surface area contributed by atoms with E-state index in [1.807, 2.05) is 56.3 Å². The summed E-state index contributed by atoms with van der Waals surface area (Å²) in [7, 11) is 0. The van der Waals surface area contributed by atoms with Crippen LogP contribution in [0.3, 0.4) is 0 Å². The van der Waals surface area contributed by atoms with E-state index in [4.69, 9.17) is 33.3 Å². The summed E-state index contributed by atoms with van der Waals surface area (Å²) in [5, 5.41) is 7.61. The zero-order valence-electron chi connectivity index (χ0n) is 14.5. The lowest BCUT2D eigenvalue weighted by Crippen LogP contribution is -2.30. The van der Waals surface area contributed by atoms with Gasteiger partial charge in [0.1, 0.15) is 0 Å². The Morgan fingerprint density at radius 3 is 2.36 bits per heavy atom. The first-order chi connectivity index (χ1) is 12.1. The van der Waals surface area contributed by atoms with Crippen LogP contribution < -0.4 is 20.1 Å². The molecule has 0 aliphatic rings. The highest BCUT2D eigenvalue weighted by molar-refractivity contribution is 7.80. The third kappa shape index (κ3) is 6.44. The summed E-state index contributed by atoms with van der Waals surface area (Å²) < 4.78 is 11.2. The SMILES string of the molecule is CCOc1ccc(CCNC(=S)Nc2ccc(Cl)cc2)cc1OCC. The lowest BCUT2D eigenvalue weighted by molar-refractivity contribution is 0.287. The van der Waals surface area contributed by atoms with E-state index in [0.29, 0.717) is 23.3 Å². The van der Waals surface area contributed by atoms with E-state index < -0.39 is 0 Å². The molecule has 134 valence electrons. The van der Waals surface area contributed by atoms with Gasteiger partial charge in [0.2, 0.25) is 0 Å². The van der Waals surface area contributed by atoms with Crippen LogP contribution in [0.15, 0.2) is 42.5 Å². The van der Waals surface area contributed by atoms with Crippen LogP contribution in [0.25, 0.3) is 0 Å². The highest BCUT2D eigenvalue weighted by Gasteiger charge is 2.06. The second kappa shape index (κ2) is 10.1. The Labute approximate surface area is 159 Å². The molecule has 4 nitrogen and oxygen atoms in total. The minimum Gasteiger partial charge on any atom is -0.490 e. The van der Waals surface area contributed by atoms with Crippen molar-refractivity contribution < 1.29 is 9.47 Å². The molecule has 0 aliphatic heterocycles. The number of hydrogen-bond acceptors (Lipinski definition) is 3. The van der Waals surface area contributed by atoms with Crippen LogP contribution in [0.4, 0.5) is 5.69 Å². The van der Waals surface area contributed by atoms with E-state index in [-0.39, 0.29) is 0 Å². The van der Waals surface area contributed by atoms with Gasteiger partial charge in [0.25, 0.3) is 0 Å². The molecule has 25 heavy (non-hydrogen) atoms. The summed E-state index contributed by atoms with van der Waals surface area (Å²) in [5.74, 6) is 1.56. The van der Waals surface area contributed by atoms with Crippen LogP contribution in [-0.4, -0.2) is 24.9 Å². The molecule has 0 unspecified atom stereocenters. The minimum absolute atomic E-state index is 0.582. The van der Waals surface area contributed by atoms with E-state index in [0.717, 1.165) is 35.7 Å². The Kier molecular flexibility index (Phi) is 7.82. The first-order valence-corrected chi connectivity index (χ1v) is 9.10. The van der Waals surface area contributed by atoms with Crippen LogP contribution in [0.1, 0.15) is 19.4 Å². The monoisotopic (exact) mass is 378 g/mol. The van der Waals surface area contributed by atoms with Crippen molar-refractivity contribution in [2.24, 2.45) is 0 Å². The number of benzene rings is 2. The van der Waals surface area contributed by atoms with Crippen molar-refractivity contribution in [1.82, 2.24) is 5.32 Å². The average Bonchev–Trinajstić information content (AvgIpc) is 2.59. The fraction of sp³-hybridized carbons (Fsp3) is 0.316. The molecular formula is C19H23ClN2O2S. The van der Waals surface area contributed by atoms with Crippen LogP contribution in [0.5, 0.6) is 11.5 Å². The molecule has 0 radical (unpaired) electrons. The van der Waals surface area contributed by atoms with Crippen molar-refractivity contribution in [2.45, 2.75) is 20.3 Å². The van der Waals surface area contributed by atoms with Gasteiger partial charge in [0, 0.05) is 17.3 Å². The molecule has 2 rings (SSSR count). The number of halogens is 1. The Morgan fingerprint density at radius 2 is 1.68 bits per heavy atom. The van der Waals surface area contributed by atoms with Gasteiger partial charge in [-0.05, 0) is 74.4 Å². The van der Waals surface area contributed by atoms with Crippen molar-refractivity contribution >= 4 is 34.6 Å². The van der Waals surface area contributed by atoms with Gasteiger partial charge >= 0.3 is 0 Å². The predicted octanol–water partition coefficient (Wildman–Crippen LogP) is 4.67. The summed E-state index contributed by atoms with van der Waals surface area (Å²) in [6, 6.07) is 13.4. The maximum Gasteiger partial charge on any atom is 0.170 e. The number of rotatable bonds is 8. The third-order valence-corrected chi connectivity index (χ3v) is 3.91. The largest absolute Gasteiger partial charge is 0.490 e. The Bertz CT molecular complexity index is 692. The molecule has 0 aromatic heterocycles. The molecule has 2 aromatic carbocycles. The van der Waals surface area contributed by atoms with Crippen LogP contribution in [-0.2, 0) is 6.42 Å². The zero-order chi connectivity index (χ0) is 18.1. The lowest BCUT2D eigenvalue weighted by atomic mass is 10.1. The molecule has 2 N–H and O–H groups in total. The van der Waals surface area contributed by atoms with E-state index in [2.05, 4.69) is 10.6 Å². The van der Waals surface area contributed by atoms with E-state index >= 15 is 0 Å². The van der Waals surface area contributed by atoms with Gasteiger partial charge in [-0.3, -0.25) is 0 Å². The van der Waals surface area contributed by atoms with Gasteiger partial charge in [0.05, 0.1) is 13.2 Å². The number of ether oxygens (including phenoxy) is 2. The van der Waals surface area contributed by atoms with E-state index in [9.17, 15) is 0 Å². The molecule has 0 bridgehead atoms. The van der Waals surface area contributed by atoms with Gasteiger partial charge in [-0.2, -0.15) is 0 Å². The standard InChI is InChI=1S/C19H23ClN2O2S/c1-3-23-17-10-5-14(13-18(17)24-4-2)11-12-21-19(25)22-16-8-6-15(20)7-9-16/h5-10,13H,3-4,11-12H2,1-2H3,(H2,21,22,25). The van der Waals surface area contributed by atoms with Crippen molar-refractivity contribution in [1.29, 1.82) is 0 Å². The second-order valence-electron chi connectivity index (χ2n) is 5.28. The molecule has 0 saturated carbocycles. The highest BCUT2D eigenvalue weighted by Crippen LogP contribution is 2.28. The Balaban J connectivity index is 1.85. The third-order valence-electron chi connectivity index (χ3n) is 3.41. The fourth-order valence-electron chi connectivity index (χ4n) is 2.28. The molecule has 0 heterocycles. The van der Waals surface area contributed by atoms with Crippen molar-refractivity contribution in [3.8, 4) is 11.5 Å². The normalized spacial score (nSPS) is 10.2. The first kappa shape index (κ1) is 19.3. The van der Waals surface area contributed by atoms with Gasteiger partial charge in [-0.15, -0.1) is 0 Å². The number of nitrogens with one attached hydrogen (secondary N) is 2. The summed E-state index contributed by atoms with van der Waals surface area (Å²) in [4.78, 5) is 0. The second-order valence-corrected chi connectivity index (χ2v) is 6.13. The van der Waals surface area contributed by atoms with E-state index in [1.165, 1.54) is 0 Å². The smallest absolute Gasteiger partial charge is 0.170 e. The van der Waals surface area contributed by atoms with Gasteiger partial charge in [-0.1, -0.05) is 17.7 Å². The molecule has 0 spiro atoms. The Morgan fingerprint density at radius 1 is 1.00 bits per heavy atom. The molecule has 0 saturated heterocycles. The molecule has 0 fully saturated rings. The zero-order valence-corrected chi connectivity index (χ0v) is 16.0. The summed E-state index contributed by atoms with van der Waals surface area (Å²) >= 11 is 11.2. The summed E-state index contributed by atoms with van der Waals surface area (Å²) in [5.41, 5.74) is 2.07. The minimum atomic E-state index is 0.582. The molecule has 0 amide bonds. The van der Waals surface area contributed by atoms with Crippen LogP contribution in [0.2, 0.25) is 5.02 Å². The molecule has 0 atom stereocenters. The summed E-state index contributed by atoms with van der Waals surface area (Å²) in [6.45, 7) is 5.87. The maximum atomic E-state index is 5.87. The van der Waals surface area contributed by atoms with Gasteiger partial charge in [-0.25, -0.2) is 0 Å². The van der Waals surface area contributed by atoms with Gasteiger partial charge in [0.15, 0.2) is 16.6 Å². The van der Waals surface area contributed by atoms with Gasteiger partial charge < -0.3 is 20.1 Å². The number of anilines is 1. The lowest BCUT2D eigenvalue weighted by Gasteiger charge is -2.13. The predicted molar refractivity (Wildman–Crippen MR) is 108 cm³/mol. The topological polar surface area (TPSA) is 42.5 Å². The highest BCUT2D eigenvalue weighted by atomic mass is 35.5. The number of hydrogen-bond donors (Lipinski definition) is 2. The molecule has 6 heteroatoms. The maximum absolute atomic E-state index is 5.87. The molecule has 0 aliphatic carbocycles. The average molecular weight is 379 g/mol.